The summed E-state index contributed by atoms with van der Waals surface area (Å²) in [4.78, 5) is 0. The van der Waals surface area contributed by atoms with Crippen molar-refractivity contribution in [3.63, 3.8) is 0 Å². The van der Waals surface area contributed by atoms with Crippen molar-refractivity contribution in [1.29, 1.82) is 0 Å². The van der Waals surface area contributed by atoms with Gasteiger partial charge in [0, 0.05) is 16.0 Å². The second-order valence-corrected chi connectivity index (χ2v) is 5.34. The van der Waals surface area contributed by atoms with Crippen molar-refractivity contribution in [3.8, 4) is 0 Å². The van der Waals surface area contributed by atoms with Gasteiger partial charge in [0.05, 0.1) is 0 Å². The number of hydrogen-bond donors (Lipinski definition) is 1. The van der Waals surface area contributed by atoms with Gasteiger partial charge in [0.15, 0.2) is 0 Å². The Morgan fingerprint density at radius 3 is 2.62 bits per heavy atom. The minimum Gasteiger partial charge on any atom is -0.312 e. The molecule has 3 heteroatoms. The van der Waals surface area contributed by atoms with Crippen molar-refractivity contribution in [2.75, 3.05) is 6.54 Å². The van der Waals surface area contributed by atoms with E-state index in [9.17, 15) is 0 Å². The zero-order valence-corrected chi connectivity index (χ0v) is 12.2. The van der Waals surface area contributed by atoms with E-state index in [0.717, 1.165) is 28.5 Å². The lowest BCUT2D eigenvalue weighted by Gasteiger charge is -2.14. The number of rotatable bonds is 6. The third-order valence-corrected chi connectivity index (χ3v) is 3.92. The van der Waals surface area contributed by atoms with Gasteiger partial charge in [-0.25, -0.2) is 0 Å². The molecule has 1 N–H and O–H groups in total. The van der Waals surface area contributed by atoms with Crippen LogP contribution in [0.4, 0.5) is 0 Å². The SMILES string of the molecule is CCC(CC)CNCc1cc(Cl)ccc1Br. The molecule has 0 fully saturated rings. The lowest BCUT2D eigenvalue weighted by atomic mass is 10.0. The van der Waals surface area contributed by atoms with E-state index in [-0.39, 0.29) is 0 Å². The molecule has 1 rings (SSSR count). The Morgan fingerprint density at radius 1 is 1.31 bits per heavy atom. The van der Waals surface area contributed by atoms with Gasteiger partial charge in [-0.3, -0.25) is 0 Å². The van der Waals surface area contributed by atoms with E-state index in [1.807, 2.05) is 18.2 Å². The first-order valence-electron chi connectivity index (χ1n) is 5.82. The molecule has 0 aromatic heterocycles. The first-order chi connectivity index (χ1) is 7.67. The summed E-state index contributed by atoms with van der Waals surface area (Å²) in [7, 11) is 0. The van der Waals surface area contributed by atoms with Crippen LogP contribution in [-0.2, 0) is 6.54 Å². The van der Waals surface area contributed by atoms with Crippen molar-refractivity contribution in [2.24, 2.45) is 5.92 Å². The maximum atomic E-state index is 5.96. The minimum atomic E-state index is 0.776. The molecule has 0 saturated heterocycles. The van der Waals surface area contributed by atoms with Crippen LogP contribution >= 0.6 is 27.5 Å². The quantitative estimate of drug-likeness (QED) is 0.808. The molecule has 1 aromatic carbocycles. The van der Waals surface area contributed by atoms with Crippen LogP contribution in [0.5, 0.6) is 0 Å². The van der Waals surface area contributed by atoms with Crippen molar-refractivity contribution in [3.05, 3.63) is 33.3 Å². The normalized spacial score (nSPS) is 11.1. The molecule has 0 aliphatic carbocycles. The summed E-state index contributed by atoms with van der Waals surface area (Å²) < 4.78 is 1.12. The van der Waals surface area contributed by atoms with E-state index < -0.39 is 0 Å². The van der Waals surface area contributed by atoms with E-state index in [0.29, 0.717) is 0 Å². The van der Waals surface area contributed by atoms with Crippen molar-refractivity contribution in [1.82, 2.24) is 5.32 Å². The molecule has 0 aliphatic heterocycles. The van der Waals surface area contributed by atoms with Gasteiger partial charge < -0.3 is 5.32 Å². The number of benzene rings is 1. The van der Waals surface area contributed by atoms with Gasteiger partial charge in [-0.05, 0) is 36.2 Å². The summed E-state index contributed by atoms with van der Waals surface area (Å²) >= 11 is 9.50. The van der Waals surface area contributed by atoms with Gasteiger partial charge in [-0.15, -0.1) is 0 Å². The second-order valence-electron chi connectivity index (χ2n) is 4.05. The maximum absolute atomic E-state index is 5.96. The molecule has 0 atom stereocenters. The number of halogens is 2. The van der Waals surface area contributed by atoms with Crippen LogP contribution in [0.25, 0.3) is 0 Å². The Kier molecular flexibility index (Phi) is 6.40. The summed E-state index contributed by atoms with van der Waals surface area (Å²) in [6, 6.07) is 5.90. The van der Waals surface area contributed by atoms with Gasteiger partial charge in [-0.2, -0.15) is 0 Å². The van der Waals surface area contributed by atoms with Crippen LogP contribution in [0.3, 0.4) is 0 Å². The molecule has 0 bridgehead atoms. The first-order valence-corrected chi connectivity index (χ1v) is 6.99. The highest BCUT2D eigenvalue weighted by Crippen LogP contribution is 2.21. The van der Waals surface area contributed by atoms with E-state index >= 15 is 0 Å². The van der Waals surface area contributed by atoms with Crippen molar-refractivity contribution >= 4 is 27.5 Å². The Hall–Kier alpha value is -0.0500. The van der Waals surface area contributed by atoms with E-state index in [1.165, 1.54) is 18.4 Å². The predicted octanol–water partition coefficient (Wildman–Crippen LogP) is 4.63. The summed E-state index contributed by atoms with van der Waals surface area (Å²) in [5.74, 6) is 0.776. The molecular formula is C13H19BrClN. The summed E-state index contributed by atoms with van der Waals surface area (Å²) in [5.41, 5.74) is 1.22. The van der Waals surface area contributed by atoms with Crippen LogP contribution in [0, 0.1) is 5.92 Å². The lowest BCUT2D eigenvalue weighted by molar-refractivity contribution is 0.449. The van der Waals surface area contributed by atoms with E-state index in [2.05, 4.69) is 35.1 Å². The molecule has 0 unspecified atom stereocenters. The number of hydrogen-bond acceptors (Lipinski definition) is 1. The highest BCUT2D eigenvalue weighted by Gasteiger charge is 2.04. The zero-order chi connectivity index (χ0) is 12.0. The Balaban J connectivity index is 2.45. The Labute approximate surface area is 112 Å². The Morgan fingerprint density at radius 2 is 2.00 bits per heavy atom. The zero-order valence-electron chi connectivity index (χ0n) is 9.89. The maximum Gasteiger partial charge on any atom is 0.0410 e. The van der Waals surface area contributed by atoms with Gasteiger partial charge in [0.1, 0.15) is 0 Å². The van der Waals surface area contributed by atoms with Gasteiger partial charge in [0.25, 0.3) is 0 Å². The third kappa shape index (κ3) is 4.44. The smallest absolute Gasteiger partial charge is 0.0410 e. The highest BCUT2D eigenvalue weighted by atomic mass is 79.9. The summed E-state index contributed by atoms with van der Waals surface area (Å²) in [5, 5.41) is 4.28. The molecule has 0 radical (unpaired) electrons. The molecule has 1 nitrogen and oxygen atoms in total. The Bertz CT molecular complexity index is 324. The fraction of sp³-hybridized carbons (Fsp3) is 0.538. The van der Waals surface area contributed by atoms with Gasteiger partial charge in [-0.1, -0.05) is 54.2 Å². The average molecular weight is 305 g/mol. The van der Waals surface area contributed by atoms with Crippen LogP contribution in [0.1, 0.15) is 32.3 Å². The molecule has 1 aromatic rings. The molecule has 0 heterocycles. The molecule has 0 saturated carbocycles. The monoisotopic (exact) mass is 303 g/mol. The average Bonchev–Trinajstić information content (AvgIpc) is 2.29. The van der Waals surface area contributed by atoms with E-state index in [4.69, 9.17) is 11.6 Å². The number of nitrogens with one attached hydrogen (secondary N) is 1. The van der Waals surface area contributed by atoms with E-state index in [1.54, 1.807) is 0 Å². The molecule has 90 valence electrons. The molecule has 0 amide bonds. The molecule has 0 aliphatic rings. The fourth-order valence-corrected chi connectivity index (χ4v) is 2.25. The summed E-state index contributed by atoms with van der Waals surface area (Å²) in [6.45, 7) is 6.43. The van der Waals surface area contributed by atoms with Gasteiger partial charge >= 0.3 is 0 Å². The summed E-state index contributed by atoms with van der Waals surface area (Å²) in [6.07, 6.45) is 2.47. The largest absolute Gasteiger partial charge is 0.312 e. The molecular weight excluding hydrogens is 286 g/mol. The van der Waals surface area contributed by atoms with Crippen molar-refractivity contribution in [2.45, 2.75) is 33.2 Å². The second kappa shape index (κ2) is 7.31. The molecule has 16 heavy (non-hydrogen) atoms. The van der Waals surface area contributed by atoms with Crippen LogP contribution in [0.15, 0.2) is 22.7 Å². The lowest BCUT2D eigenvalue weighted by Crippen LogP contribution is -2.21. The minimum absolute atomic E-state index is 0.776. The van der Waals surface area contributed by atoms with Crippen LogP contribution in [-0.4, -0.2) is 6.54 Å². The third-order valence-electron chi connectivity index (χ3n) is 2.91. The topological polar surface area (TPSA) is 12.0 Å². The van der Waals surface area contributed by atoms with Crippen LogP contribution < -0.4 is 5.32 Å². The predicted molar refractivity (Wildman–Crippen MR) is 74.9 cm³/mol. The van der Waals surface area contributed by atoms with Gasteiger partial charge in [0.2, 0.25) is 0 Å². The van der Waals surface area contributed by atoms with Crippen LogP contribution in [0.2, 0.25) is 5.02 Å². The standard InChI is InChI=1S/C13H19BrClN/c1-3-10(4-2)8-16-9-11-7-12(15)5-6-13(11)14/h5-7,10,16H,3-4,8-9H2,1-2H3. The fourth-order valence-electron chi connectivity index (χ4n) is 1.67. The first kappa shape index (κ1) is 14.0. The van der Waals surface area contributed by atoms with Crippen molar-refractivity contribution < 1.29 is 0 Å². The highest BCUT2D eigenvalue weighted by molar-refractivity contribution is 9.10. The molecule has 0 spiro atoms.